The summed E-state index contributed by atoms with van der Waals surface area (Å²) in [7, 11) is 1.64. The Labute approximate surface area is 152 Å². The Hall–Kier alpha value is -2.02. The number of hydrogen-bond donors (Lipinski definition) is 1. The first-order valence-electron chi connectivity index (χ1n) is 8.52. The number of aromatic amines is 1. The number of H-pyrrole nitrogens is 1. The molecule has 0 radical (unpaired) electrons. The van der Waals surface area contributed by atoms with Gasteiger partial charge in [0.05, 0.1) is 12.9 Å². The topological polar surface area (TPSA) is 71.1 Å². The number of rotatable bonds is 5. The molecule has 1 fully saturated rings. The van der Waals surface area contributed by atoms with Crippen LogP contribution in [0.3, 0.4) is 0 Å². The number of piperidine rings is 1. The van der Waals surface area contributed by atoms with E-state index in [2.05, 4.69) is 29.0 Å². The van der Waals surface area contributed by atoms with E-state index in [0.717, 1.165) is 24.4 Å². The maximum absolute atomic E-state index is 12.4. The van der Waals surface area contributed by atoms with E-state index in [1.54, 1.807) is 7.11 Å². The minimum Gasteiger partial charge on any atom is -0.497 e. The lowest BCUT2D eigenvalue weighted by Gasteiger charge is -2.34. The molecule has 7 heteroatoms. The van der Waals surface area contributed by atoms with Crippen LogP contribution in [0.25, 0.3) is 11.4 Å². The van der Waals surface area contributed by atoms with Gasteiger partial charge in [0.15, 0.2) is 5.82 Å². The first-order valence-corrected chi connectivity index (χ1v) is 9.51. The lowest BCUT2D eigenvalue weighted by molar-refractivity contribution is -0.130. The number of methoxy groups -OCH3 is 1. The zero-order valence-corrected chi connectivity index (χ0v) is 15.7. The van der Waals surface area contributed by atoms with Crippen molar-refractivity contribution >= 4 is 17.7 Å². The molecule has 1 aromatic carbocycles. The van der Waals surface area contributed by atoms with Gasteiger partial charge >= 0.3 is 0 Å². The maximum atomic E-state index is 12.4. The van der Waals surface area contributed by atoms with Gasteiger partial charge in [-0.3, -0.25) is 9.89 Å². The number of nitrogens with zero attached hydrogens (tertiary/aromatic N) is 3. The summed E-state index contributed by atoms with van der Waals surface area (Å²) in [6.07, 6.45) is 1.20. The molecule has 0 saturated carbocycles. The molecule has 2 heterocycles. The highest BCUT2D eigenvalue weighted by Crippen LogP contribution is 2.24. The van der Waals surface area contributed by atoms with Crippen molar-refractivity contribution in [2.45, 2.75) is 25.4 Å². The first-order chi connectivity index (χ1) is 12.0. The van der Waals surface area contributed by atoms with Gasteiger partial charge in [0.2, 0.25) is 11.1 Å². The standard InChI is InChI=1S/C18H24N4O2S/c1-12-8-13(2)10-22(9-12)16(23)11-25-18-19-17(20-21-18)14-4-6-15(24-3)7-5-14/h4-7,12-13H,8-11H2,1-3H3,(H,19,20,21)/t12-,13-/m0/s1. The normalized spacial score (nSPS) is 20.5. The first kappa shape index (κ1) is 17.8. The van der Waals surface area contributed by atoms with Crippen LogP contribution >= 0.6 is 11.8 Å². The van der Waals surface area contributed by atoms with Crippen molar-refractivity contribution in [3.63, 3.8) is 0 Å². The van der Waals surface area contributed by atoms with Crippen LogP contribution in [0.4, 0.5) is 0 Å². The largest absolute Gasteiger partial charge is 0.497 e. The summed E-state index contributed by atoms with van der Waals surface area (Å²) in [5.74, 6) is 3.18. The molecule has 2 atom stereocenters. The molecule has 0 spiro atoms. The minimum absolute atomic E-state index is 0.166. The van der Waals surface area contributed by atoms with Crippen molar-refractivity contribution in [1.29, 1.82) is 0 Å². The van der Waals surface area contributed by atoms with Gasteiger partial charge < -0.3 is 9.64 Å². The van der Waals surface area contributed by atoms with Crippen molar-refractivity contribution < 1.29 is 9.53 Å². The molecule has 1 saturated heterocycles. The Morgan fingerprint density at radius 1 is 1.28 bits per heavy atom. The summed E-state index contributed by atoms with van der Waals surface area (Å²) >= 11 is 1.38. The fourth-order valence-corrected chi connectivity index (χ4v) is 3.97. The van der Waals surface area contributed by atoms with Gasteiger partial charge in [-0.2, -0.15) is 0 Å². The third-order valence-electron chi connectivity index (χ3n) is 4.37. The maximum Gasteiger partial charge on any atom is 0.233 e. The summed E-state index contributed by atoms with van der Waals surface area (Å²) in [6.45, 7) is 6.13. The Kier molecular flexibility index (Phi) is 5.63. The summed E-state index contributed by atoms with van der Waals surface area (Å²) in [4.78, 5) is 18.9. The molecule has 0 unspecified atom stereocenters. The molecule has 1 amide bonds. The van der Waals surface area contributed by atoms with Gasteiger partial charge in [0.1, 0.15) is 5.75 Å². The number of ether oxygens (including phenoxy) is 1. The van der Waals surface area contributed by atoms with Gasteiger partial charge in [-0.1, -0.05) is 25.6 Å². The zero-order chi connectivity index (χ0) is 17.8. The van der Waals surface area contributed by atoms with Gasteiger partial charge in [0, 0.05) is 18.7 Å². The molecule has 25 heavy (non-hydrogen) atoms. The van der Waals surface area contributed by atoms with E-state index >= 15 is 0 Å². The molecule has 3 rings (SSSR count). The van der Waals surface area contributed by atoms with Crippen LogP contribution in [0.5, 0.6) is 5.75 Å². The van der Waals surface area contributed by atoms with E-state index in [1.165, 1.54) is 18.2 Å². The second-order valence-electron chi connectivity index (χ2n) is 6.73. The predicted octanol–water partition coefficient (Wildman–Crippen LogP) is 3.08. The Bertz CT molecular complexity index is 706. The predicted molar refractivity (Wildman–Crippen MR) is 98.6 cm³/mol. The third kappa shape index (κ3) is 4.54. The van der Waals surface area contributed by atoms with Crippen LogP contribution < -0.4 is 4.74 Å². The number of likely N-dealkylation sites (tertiary alicyclic amines) is 1. The number of thioether (sulfide) groups is 1. The van der Waals surface area contributed by atoms with Gasteiger partial charge in [-0.05, 0) is 42.5 Å². The number of carbonyl (C=O) groups is 1. The summed E-state index contributed by atoms with van der Waals surface area (Å²) in [6, 6.07) is 7.62. The van der Waals surface area contributed by atoms with E-state index in [-0.39, 0.29) is 5.91 Å². The number of benzene rings is 1. The van der Waals surface area contributed by atoms with E-state index in [0.29, 0.717) is 28.6 Å². The number of carbonyl (C=O) groups excluding carboxylic acids is 1. The van der Waals surface area contributed by atoms with Crippen LogP contribution in [0.1, 0.15) is 20.3 Å². The average molecular weight is 360 g/mol. The van der Waals surface area contributed by atoms with Gasteiger partial charge in [-0.15, -0.1) is 5.10 Å². The quantitative estimate of drug-likeness (QED) is 0.830. The van der Waals surface area contributed by atoms with Gasteiger partial charge in [0.25, 0.3) is 0 Å². The summed E-state index contributed by atoms with van der Waals surface area (Å²) in [5, 5.41) is 7.73. The molecule has 0 bridgehead atoms. The summed E-state index contributed by atoms with van der Waals surface area (Å²) in [5.41, 5.74) is 0.935. The van der Waals surface area contributed by atoms with Gasteiger partial charge in [-0.25, -0.2) is 4.98 Å². The number of nitrogens with one attached hydrogen (secondary N) is 1. The smallest absolute Gasteiger partial charge is 0.233 e. The highest BCUT2D eigenvalue weighted by Gasteiger charge is 2.25. The molecular weight excluding hydrogens is 336 g/mol. The Morgan fingerprint density at radius 2 is 1.96 bits per heavy atom. The van der Waals surface area contributed by atoms with Crippen molar-refractivity contribution in [2.75, 3.05) is 26.0 Å². The van der Waals surface area contributed by atoms with Crippen LogP contribution in [0.2, 0.25) is 0 Å². The molecular formula is C18H24N4O2S. The summed E-state index contributed by atoms with van der Waals surface area (Å²) < 4.78 is 5.16. The number of aromatic nitrogens is 3. The average Bonchev–Trinajstić information content (AvgIpc) is 3.08. The van der Waals surface area contributed by atoms with Crippen molar-refractivity contribution in [3.05, 3.63) is 24.3 Å². The Morgan fingerprint density at radius 3 is 2.60 bits per heavy atom. The SMILES string of the molecule is COc1ccc(-c2nc(SCC(=O)N3C[C@@H](C)C[C@H](C)C3)n[nH]2)cc1. The highest BCUT2D eigenvalue weighted by molar-refractivity contribution is 7.99. The molecule has 1 N–H and O–H groups in total. The molecule has 2 aromatic rings. The molecule has 134 valence electrons. The molecule has 1 aromatic heterocycles. The molecule has 1 aliphatic rings. The monoisotopic (exact) mass is 360 g/mol. The van der Waals surface area contributed by atoms with E-state index < -0.39 is 0 Å². The fraction of sp³-hybridized carbons (Fsp3) is 0.500. The molecule has 0 aliphatic carbocycles. The van der Waals surface area contributed by atoms with Crippen molar-refractivity contribution in [3.8, 4) is 17.1 Å². The van der Waals surface area contributed by atoms with Crippen molar-refractivity contribution in [2.24, 2.45) is 11.8 Å². The fourth-order valence-electron chi connectivity index (χ4n) is 3.27. The molecule has 1 aliphatic heterocycles. The van der Waals surface area contributed by atoms with E-state index in [4.69, 9.17) is 4.74 Å². The van der Waals surface area contributed by atoms with Crippen LogP contribution in [-0.4, -0.2) is 51.9 Å². The third-order valence-corrected chi connectivity index (χ3v) is 5.21. The second-order valence-corrected chi connectivity index (χ2v) is 7.67. The number of amides is 1. The van der Waals surface area contributed by atoms with Crippen LogP contribution in [0, 0.1) is 11.8 Å². The second kappa shape index (κ2) is 7.91. The lowest BCUT2D eigenvalue weighted by atomic mass is 9.92. The lowest BCUT2D eigenvalue weighted by Crippen LogP contribution is -2.43. The Balaban J connectivity index is 1.57. The van der Waals surface area contributed by atoms with E-state index in [1.807, 2.05) is 29.2 Å². The van der Waals surface area contributed by atoms with Crippen LogP contribution in [-0.2, 0) is 4.79 Å². The van der Waals surface area contributed by atoms with Crippen molar-refractivity contribution in [1.82, 2.24) is 20.1 Å². The minimum atomic E-state index is 0.166. The van der Waals surface area contributed by atoms with E-state index in [9.17, 15) is 4.79 Å². The number of hydrogen-bond acceptors (Lipinski definition) is 5. The van der Waals surface area contributed by atoms with Crippen LogP contribution in [0.15, 0.2) is 29.4 Å². The zero-order valence-electron chi connectivity index (χ0n) is 14.9. The highest BCUT2D eigenvalue weighted by atomic mass is 32.2. The molecule has 6 nitrogen and oxygen atoms in total.